The Balaban J connectivity index is 1.39. The number of aliphatic carboxylic acids is 1. The maximum absolute atomic E-state index is 13.3. The Bertz CT molecular complexity index is 1570. The number of amides is 1. The van der Waals surface area contributed by atoms with Crippen molar-refractivity contribution in [2.45, 2.75) is 12.3 Å². The van der Waals surface area contributed by atoms with E-state index in [0.29, 0.717) is 43.8 Å². The third-order valence-electron chi connectivity index (χ3n) is 7.20. The summed E-state index contributed by atoms with van der Waals surface area (Å²) in [6.45, 7) is 1.80. The molecule has 0 spiro atoms. The minimum Gasteiger partial charge on any atom is -0.481 e. The van der Waals surface area contributed by atoms with E-state index < -0.39 is 5.97 Å². The van der Waals surface area contributed by atoms with Gasteiger partial charge < -0.3 is 19.3 Å². The van der Waals surface area contributed by atoms with Crippen molar-refractivity contribution < 1.29 is 19.4 Å². The molecule has 4 aromatic rings. The van der Waals surface area contributed by atoms with Crippen LogP contribution < -0.4 is 5.43 Å². The fraction of sp³-hybridized carbons (Fsp3) is 0.241. The molecule has 2 unspecified atom stereocenters. The number of hydrogen-bond donors (Lipinski definition) is 1. The van der Waals surface area contributed by atoms with Crippen LogP contribution in [0.4, 0.5) is 0 Å². The number of rotatable bonds is 5. The number of carboxylic acids is 1. The first kappa shape index (κ1) is 23.1. The maximum atomic E-state index is 13.3. The average Bonchev–Trinajstić information content (AvgIpc) is 3.75. The van der Waals surface area contributed by atoms with Crippen molar-refractivity contribution in [1.29, 1.82) is 0 Å². The number of nitrogens with zero attached hydrogens (tertiary/aromatic N) is 3. The summed E-state index contributed by atoms with van der Waals surface area (Å²) in [7, 11) is 0. The standard InChI is InChI=1S/C29H25N3O5/c33-26-22-5-2-10-30-27(22)32(17-25(26)28(34)31-11-13-37-14-12-31)21-4-1-3-20(15-21)18-6-8-19(9-7-18)23-16-24(23)29(35)36/h1-10,15,17,23-24H,11-14,16H2,(H,35,36). The molecule has 3 heterocycles. The molecule has 2 aromatic carbocycles. The smallest absolute Gasteiger partial charge is 0.307 e. The molecule has 1 saturated carbocycles. The summed E-state index contributed by atoms with van der Waals surface area (Å²) < 4.78 is 7.16. The van der Waals surface area contributed by atoms with Crippen molar-refractivity contribution >= 4 is 22.9 Å². The Morgan fingerprint density at radius 1 is 0.973 bits per heavy atom. The van der Waals surface area contributed by atoms with Crippen LogP contribution in [0.5, 0.6) is 0 Å². The molecule has 1 N–H and O–H groups in total. The lowest BCUT2D eigenvalue weighted by Crippen LogP contribution is -2.42. The molecule has 2 atom stereocenters. The van der Waals surface area contributed by atoms with Crippen LogP contribution in [0.3, 0.4) is 0 Å². The minimum atomic E-state index is -0.741. The molecule has 1 aliphatic heterocycles. The van der Waals surface area contributed by atoms with Crippen LogP contribution in [0.2, 0.25) is 0 Å². The summed E-state index contributed by atoms with van der Waals surface area (Å²) in [6.07, 6.45) is 3.91. The topological polar surface area (TPSA) is 102 Å². The lowest BCUT2D eigenvalue weighted by molar-refractivity contribution is -0.138. The molecule has 1 amide bonds. The maximum Gasteiger partial charge on any atom is 0.307 e. The highest BCUT2D eigenvalue weighted by Crippen LogP contribution is 2.47. The van der Waals surface area contributed by atoms with E-state index in [9.17, 15) is 19.5 Å². The summed E-state index contributed by atoms with van der Waals surface area (Å²) >= 11 is 0. The number of benzene rings is 2. The van der Waals surface area contributed by atoms with Crippen LogP contribution in [0.15, 0.2) is 77.9 Å². The summed E-state index contributed by atoms with van der Waals surface area (Å²) in [5.74, 6) is -1.25. The first-order valence-electron chi connectivity index (χ1n) is 12.3. The van der Waals surface area contributed by atoms with Gasteiger partial charge in [0.1, 0.15) is 11.2 Å². The van der Waals surface area contributed by atoms with Gasteiger partial charge in [-0.2, -0.15) is 0 Å². The number of ether oxygens (including phenoxy) is 1. The van der Waals surface area contributed by atoms with Gasteiger partial charge in [-0.25, -0.2) is 4.98 Å². The molecule has 6 rings (SSSR count). The van der Waals surface area contributed by atoms with E-state index in [1.165, 1.54) is 0 Å². The zero-order valence-electron chi connectivity index (χ0n) is 20.0. The SMILES string of the molecule is O=C(O)C1CC1c1ccc(-c2cccc(-n3cc(C(=O)N4CCOCC4)c(=O)c4cccnc43)c2)cc1. The lowest BCUT2D eigenvalue weighted by atomic mass is 10.0. The summed E-state index contributed by atoms with van der Waals surface area (Å²) in [5, 5.41) is 9.60. The van der Waals surface area contributed by atoms with Gasteiger partial charge in [0.05, 0.1) is 24.5 Å². The molecule has 37 heavy (non-hydrogen) atoms. The molecule has 1 saturated heterocycles. The quantitative estimate of drug-likeness (QED) is 0.453. The Labute approximate surface area is 212 Å². The number of carboxylic acid groups (broad SMARTS) is 1. The van der Waals surface area contributed by atoms with Gasteiger partial charge in [0.2, 0.25) is 5.43 Å². The largest absolute Gasteiger partial charge is 0.481 e. The predicted octanol–water partition coefficient (Wildman–Crippen LogP) is 3.71. The highest BCUT2D eigenvalue weighted by atomic mass is 16.5. The number of fused-ring (bicyclic) bond motifs is 1. The fourth-order valence-electron chi connectivity index (χ4n) is 5.04. The number of hydrogen-bond acceptors (Lipinski definition) is 5. The first-order valence-corrected chi connectivity index (χ1v) is 12.3. The van der Waals surface area contributed by atoms with Crippen LogP contribution in [-0.4, -0.2) is 57.7 Å². The minimum absolute atomic E-state index is 0.0823. The highest BCUT2D eigenvalue weighted by Gasteiger charge is 2.44. The molecule has 1 aliphatic carbocycles. The van der Waals surface area contributed by atoms with Gasteiger partial charge in [-0.1, -0.05) is 36.4 Å². The molecule has 2 fully saturated rings. The number of aromatic nitrogens is 2. The van der Waals surface area contributed by atoms with Gasteiger partial charge in [0.25, 0.3) is 5.91 Å². The summed E-state index contributed by atoms with van der Waals surface area (Å²) in [5.41, 5.74) is 4.01. The van der Waals surface area contributed by atoms with Crippen LogP contribution >= 0.6 is 0 Å². The van der Waals surface area contributed by atoms with Crippen LogP contribution in [0, 0.1) is 5.92 Å². The van der Waals surface area contributed by atoms with E-state index in [0.717, 1.165) is 22.4 Å². The number of pyridine rings is 2. The van der Waals surface area contributed by atoms with E-state index in [4.69, 9.17) is 4.74 Å². The van der Waals surface area contributed by atoms with Crippen LogP contribution in [0.25, 0.3) is 27.8 Å². The Kier molecular flexibility index (Phi) is 5.81. The molecular formula is C29H25N3O5. The first-order chi connectivity index (χ1) is 18.0. The van der Waals surface area contributed by atoms with Crippen molar-refractivity contribution in [3.63, 3.8) is 0 Å². The molecule has 2 aromatic heterocycles. The van der Waals surface area contributed by atoms with Crippen molar-refractivity contribution in [2.75, 3.05) is 26.3 Å². The molecule has 8 nitrogen and oxygen atoms in total. The van der Waals surface area contributed by atoms with E-state index in [2.05, 4.69) is 4.98 Å². The highest BCUT2D eigenvalue weighted by molar-refractivity contribution is 5.97. The summed E-state index contributed by atoms with van der Waals surface area (Å²) in [6, 6.07) is 19.2. The summed E-state index contributed by atoms with van der Waals surface area (Å²) in [4.78, 5) is 43.9. The second kappa shape index (κ2) is 9.29. The number of carbonyl (C=O) groups excluding carboxylic acids is 1. The molecule has 0 bridgehead atoms. The molecule has 8 heteroatoms. The average molecular weight is 496 g/mol. The van der Waals surface area contributed by atoms with Crippen molar-refractivity contribution in [1.82, 2.24) is 14.5 Å². The van der Waals surface area contributed by atoms with E-state index in [-0.39, 0.29) is 28.7 Å². The zero-order chi connectivity index (χ0) is 25.5. The molecular weight excluding hydrogens is 470 g/mol. The number of morpholine rings is 1. The van der Waals surface area contributed by atoms with Crippen molar-refractivity contribution in [3.8, 4) is 16.8 Å². The lowest BCUT2D eigenvalue weighted by Gasteiger charge is -2.27. The van der Waals surface area contributed by atoms with E-state index in [1.54, 1.807) is 34.0 Å². The fourth-order valence-corrected chi connectivity index (χ4v) is 5.04. The third-order valence-corrected chi connectivity index (χ3v) is 7.20. The van der Waals surface area contributed by atoms with Crippen molar-refractivity contribution in [2.24, 2.45) is 5.92 Å². The molecule has 186 valence electrons. The van der Waals surface area contributed by atoms with Gasteiger partial charge in [-0.3, -0.25) is 14.4 Å². The number of carbonyl (C=O) groups is 2. The van der Waals surface area contributed by atoms with Gasteiger partial charge in [-0.15, -0.1) is 0 Å². The van der Waals surface area contributed by atoms with Gasteiger partial charge >= 0.3 is 5.97 Å². The van der Waals surface area contributed by atoms with Gasteiger partial charge in [0, 0.05) is 31.2 Å². The van der Waals surface area contributed by atoms with Gasteiger partial charge in [0.15, 0.2) is 0 Å². The van der Waals surface area contributed by atoms with Gasteiger partial charge in [-0.05, 0) is 53.3 Å². The normalized spacial score (nSPS) is 19.1. The predicted molar refractivity (Wildman–Crippen MR) is 138 cm³/mol. The third kappa shape index (κ3) is 4.29. The second-order valence-corrected chi connectivity index (χ2v) is 9.48. The Morgan fingerprint density at radius 2 is 1.76 bits per heavy atom. The monoisotopic (exact) mass is 495 g/mol. The molecule has 0 radical (unpaired) electrons. The Morgan fingerprint density at radius 3 is 2.49 bits per heavy atom. The van der Waals surface area contributed by atoms with E-state index >= 15 is 0 Å². The van der Waals surface area contributed by atoms with E-state index in [1.807, 2.05) is 48.5 Å². The Hall–Kier alpha value is -4.30. The van der Waals surface area contributed by atoms with Crippen LogP contribution in [-0.2, 0) is 9.53 Å². The second-order valence-electron chi connectivity index (χ2n) is 9.48. The molecule has 2 aliphatic rings. The van der Waals surface area contributed by atoms with Crippen molar-refractivity contribution in [3.05, 3.63) is 94.4 Å². The van der Waals surface area contributed by atoms with Crippen LogP contribution in [0.1, 0.15) is 28.3 Å². The zero-order valence-corrected chi connectivity index (χ0v) is 20.0.